The van der Waals surface area contributed by atoms with Gasteiger partial charge in [-0.2, -0.15) is 13.2 Å². The molecule has 9 heteroatoms. The Labute approximate surface area is 159 Å². The first-order chi connectivity index (χ1) is 13.4. The third kappa shape index (κ3) is 3.74. The van der Waals surface area contributed by atoms with Crippen molar-refractivity contribution in [3.8, 4) is 5.75 Å². The van der Waals surface area contributed by atoms with Gasteiger partial charge in [-0.3, -0.25) is 4.79 Å². The van der Waals surface area contributed by atoms with Crippen LogP contribution >= 0.6 is 0 Å². The molecule has 0 unspecified atom stereocenters. The molecule has 1 fully saturated rings. The highest BCUT2D eigenvalue weighted by molar-refractivity contribution is 5.82. The quantitative estimate of drug-likeness (QED) is 0.786. The first kappa shape index (κ1) is 18.5. The Morgan fingerprint density at radius 1 is 1.11 bits per heavy atom. The summed E-state index contributed by atoms with van der Waals surface area (Å²) < 4.78 is 44.4. The Hall–Kier alpha value is -2.84. The van der Waals surface area contributed by atoms with E-state index in [4.69, 9.17) is 4.74 Å². The minimum Gasteiger partial charge on any atom is -0.480 e. The number of amides is 1. The second kappa shape index (κ2) is 7.29. The highest BCUT2D eigenvalue weighted by Gasteiger charge is 2.34. The van der Waals surface area contributed by atoms with Crippen molar-refractivity contribution in [2.75, 3.05) is 31.1 Å². The minimum absolute atomic E-state index is 0.0761. The van der Waals surface area contributed by atoms with Gasteiger partial charge in [0.25, 0.3) is 5.91 Å². The molecule has 2 aromatic rings. The second-order valence-electron chi connectivity index (χ2n) is 6.82. The van der Waals surface area contributed by atoms with E-state index in [9.17, 15) is 18.0 Å². The number of anilines is 1. The molecule has 0 N–H and O–H groups in total. The number of rotatable bonds is 2. The standard InChI is InChI=1S/C19H19F3N4O2/c20-19(21,22)16-11-17(24-12-23-16)25-7-9-26(10-8-25)18(27)15-6-5-13-3-1-2-4-14(13)28-15/h1-4,11-12,15H,5-10H2/t15-/m1/s1. The summed E-state index contributed by atoms with van der Waals surface area (Å²) >= 11 is 0. The Bertz CT molecular complexity index is 866. The van der Waals surface area contributed by atoms with E-state index in [-0.39, 0.29) is 11.7 Å². The van der Waals surface area contributed by atoms with Crippen molar-refractivity contribution < 1.29 is 22.7 Å². The van der Waals surface area contributed by atoms with Crippen molar-refractivity contribution in [2.24, 2.45) is 0 Å². The lowest BCUT2D eigenvalue weighted by atomic mass is 10.0. The first-order valence-corrected chi connectivity index (χ1v) is 9.09. The lowest BCUT2D eigenvalue weighted by Gasteiger charge is -2.37. The molecule has 2 aliphatic rings. The van der Waals surface area contributed by atoms with Gasteiger partial charge in [0.15, 0.2) is 6.10 Å². The van der Waals surface area contributed by atoms with Gasteiger partial charge in [0.1, 0.15) is 23.6 Å². The van der Waals surface area contributed by atoms with Crippen LogP contribution in [0, 0.1) is 0 Å². The molecule has 1 saturated heterocycles. The number of carbonyl (C=O) groups excluding carboxylic acids is 1. The van der Waals surface area contributed by atoms with Crippen LogP contribution in [0.5, 0.6) is 5.75 Å². The molecule has 4 rings (SSSR count). The van der Waals surface area contributed by atoms with Crippen LogP contribution in [0.4, 0.5) is 19.0 Å². The average Bonchev–Trinajstić information content (AvgIpc) is 2.72. The van der Waals surface area contributed by atoms with Gasteiger partial charge in [-0.1, -0.05) is 18.2 Å². The molecular weight excluding hydrogens is 373 g/mol. The third-order valence-electron chi connectivity index (χ3n) is 5.05. The van der Waals surface area contributed by atoms with Crippen molar-refractivity contribution >= 4 is 11.7 Å². The fourth-order valence-corrected chi connectivity index (χ4v) is 3.53. The molecular formula is C19H19F3N4O2. The van der Waals surface area contributed by atoms with Gasteiger partial charge in [-0.25, -0.2) is 9.97 Å². The number of aryl methyl sites for hydroxylation is 1. The summed E-state index contributed by atoms with van der Waals surface area (Å²) in [6, 6.07) is 8.62. The van der Waals surface area contributed by atoms with E-state index in [1.807, 2.05) is 24.3 Å². The molecule has 1 aromatic carbocycles. The van der Waals surface area contributed by atoms with Crippen molar-refractivity contribution in [3.63, 3.8) is 0 Å². The van der Waals surface area contributed by atoms with Crippen LogP contribution in [0.3, 0.4) is 0 Å². The highest BCUT2D eigenvalue weighted by atomic mass is 19.4. The predicted molar refractivity (Wildman–Crippen MR) is 95.0 cm³/mol. The molecule has 0 spiro atoms. The zero-order valence-electron chi connectivity index (χ0n) is 15.0. The zero-order chi connectivity index (χ0) is 19.7. The lowest BCUT2D eigenvalue weighted by Crippen LogP contribution is -2.53. The Balaban J connectivity index is 1.38. The molecule has 1 amide bonds. The average molecular weight is 392 g/mol. The summed E-state index contributed by atoms with van der Waals surface area (Å²) in [4.78, 5) is 23.5. The Kier molecular flexibility index (Phi) is 4.82. The molecule has 1 atom stereocenters. The summed E-state index contributed by atoms with van der Waals surface area (Å²) in [5.74, 6) is 0.886. The number of hydrogen-bond donors (Lipinski definition) is 0. The third-order valence-corrected chi connectivity index (χ3v) is 5.05. The number of nitrogens with zero attached hydrogens (tertiary/aromatic N) is 4. The topological polar surface area (TPSA) is 58.6 Å². The number of alkyl halides is 3. The van der Waals surface area contributed by atoms with Crippen molar-refractivity contribution in [1.29, 1.82) is 0 Å². The second-order valence-corrected chi connectivity index (χ2v) is 6.82. The van der Waals surface area contributed by atoms with Gasteiger partial charge in [-0.05, 0) is 24.5 Å². The van der Waals surface area contributed by atoms with E-state index in [1.165, 1.54) is 0 Å². The first-order valence-electron chi connectivity index (χ1n) is 9.09. The molecule has 1 aromatic heterocycles. The van der Waals surface area contributed by atoms with Gasteiger partial charge >= 0.3 is 6.18 Å². The zero-order valence-corrected chi connectivity index (χ0v) is 15.0. The van der Waals surface area contributed by atoms with Crippen molar-refractivity contribution in [1.82, 2.24) is 14.9 Å². The van der Waals surface area contributed by atoms with Crippen molar-refractivity contribution in [2.45, 2.75) is 25.1 Å². The number of hydrogen-bond acceptors (Lipinski definition) is 5. The molecule has 3 heterocycles. The molecule has 148 valence electrons. The summed E-state index contributed by atoms with van der Waals surface area (Å²) in [5.41, 5.74) is 0.130. The maximum Gasteiger partial charge on any atom is 0.433 e. The largest absolute Gasteiger partial charge is 0.480 e. The van der Waals surface area contributed by atoms with E-state index < -0.39 is 18.0 Å². The molecule has 0 aliphatic carbocycles. The van der Waals surface area contributed by atoms with E-state index >= 15 is 0 Å². The number of halogens is 3. The van der Waals surface area contributed by atoms with Gasteiger partial charge < -0.3 is 14.5 Å². The van der Waals surface area contributed by atoms with E-state index in [2.05, 4.69) is 9.97 Å². The number of aromatic nitrogens is 2. The van der Waals surface area contributed by atoms with Crippen molar-refractivity contribution in [3.05, 3.63) is 47.9 Å². The van der Waals surface area contributed by atoms with Gasteiger partial charge in [0.2, 0.25) is 0 Å². The van der Waals surface area contributed by atoms with Crippen LogP contribution in [-0.2, 0) is 17.4 Å². The van der Waals surface area contributed by atoms with Crippen LogP contribution in [-0.4, -0.2) is 53.1 Å². The van der Waals surface area contributed by atoms with E-state index in [0.29, 0.717) is 32.6 Å². The van der Waals surface area contributed by atoms with Crippen LogP contribution in [0.1, 0.15) is 17.7 Å². The minimum atomic E-state index is -4.51. The SMILES string of the molecule is O=C([C@H]1CCc2ccccc2O1)N1CCN(c2cc(C(F)(F)F)ncn2)CC1. The van der Waals surface area contributed by atoms with Crippen LogP contribution in [0.15, 0.2) is 36.7 Å². The monoisotopic (exact) mass is 392 g/mol. The smallest absolute Gasteiger partial charge is 0.433 e. The number of carbonyl (C=O) groups is 1. The fraction of sp³-hybridized carbons (Fsp3) is 0.421. The number of benzene rings is 1. The van der Waals surface area contributed by atoms with Crippen LogP contribution in [0.2, 0.25) is 0 Å². The van der Waals surface area contributed by atoms with Crippen LogP contribution < -0.4 is 9.64 Å². The van der Waals surface area contributed by atoms with Gasteiger partial charge in [0, 0.05) is 32.2 Å². The normalized spacial score (nSPS) is 19.8. The molecule has 0 bridgehead atoms. The summed E-state index contributed by atoms with van der Waals surface area (Å²) in [6.07, 6.45) is -2.70. The number of fused-ring (bicyclic) bond motifs is 1. The maximum atomic E-state index is 12.8. The van der Waals surface area contributed by atoms with Gasteiger partial charge in [-0.15, -0.1) is 0 Å². The number of piperazine rings is 1. The lowest BCUT2D eigenvalue weighted by molar-refractivity contribution is -0.141. The molecule has 6 nitrogen and oxygen atoms in total. The Morgan fingerprint density at radius 3 is 2.61 bits per heavy atom. The van der Waals surface area contributed by atoms with E-state index in [1.54, 1.807) is 9.80 Å². The predicted octanol–water partition coefficient (Wildman–Crippen LogP) is 2.54. The van der Waals surface area contributed by atoms with Gasteiger partial charge in [0.05, 0.1) is 0 Å². The number of para-hydroxylation sites is 1. The summed E-state index contributed by atoms with van der Waals surface area (Å²) in [7, 11) is 0. The maximum absolute atomic E-state index is 12.8. The molecule has 0 saturated carbocycles. The Morgan fingerprint density at radius 2 is 1.86 bits per heavy atom. The summed E-state index contributed by atoms with van der Waals surface area (Å²) in [5, 5.41) is 0. The molecule has 0 radical (unpaired) electrons. The fourth-order valence-electron chi connectivity index (χ4n) is 3.53. The number of ether oxygens (including phenoxy) is 1. The van der Waals surface area contributed by atoms with E-state index in [0.717, 1.165) is 30.1 Å². The molecule has 2 aliphatic heterocycles. The van der Waals surface area contributed by atoms with Crippen LogP contribution in [0.25, 0.3) is 0 Å². The summed E-state index contributed by atoms with van der Waals surface area (Å²) in [6.45, 7) is 1.63. The molecule has 28 heavy (non-hydrogen) atoms. The highest BCUT2D eigenvalue weighted by Crippen LogP contribution is 2.30.